The SMILES string of the molecule is Cl.NCC1(C(=O)NCCc2ccc3c(c2)CCO3)CCOCC1. The van der Waals surface area contributed by atoms with E-state index < -0.39 is 5.41 Å². The number of hydrogen-bond donors (Lipinski definition) is 2. The van der Waals surface area contributed by atoms with Crippen LogP contribution in [0, 0.1) is 5.41 Å². The lowest BCUT2D eigenvalue weighted by molar-refractivity contribution is -0.135. The topological polar surface area (TPSA) is 73.6 Å². The molecule has 0 unspecified atom stereocenters. The fourth-order valence-corrected chi connectivity index (χ4v) is 3.19. The average molecular weight is 341 g/mol. The van der Waals surface area contributed by atoms with Crippen molar-refractivity contribution in [3.05, 3.63) is 29.3 Å². The largest absolute Gasteiger partial charge is 0.493 e. The molecule has 23 heavy (non-hydrogen) atoms. The summed E-state index contributed by atoms with van der Waals surface area (Å²) in [6.07, 6.45) is 3.24. The van der Waals surface area contributed by atoms with Crippen LogP contribution in [0.2, 0.25) is 0 Å². The highest BCUT2D eigenvalue weighted by molar-refractivity contribution is 5.85. The zero-order valence-electron chi connectivity index (χ0n) is 13.3. The summed E-state index contributed by atoms with van der Waals surface area (Å²) in [6, 6.07) is 6.28. The van der Waals surface area contributed by atoms with E-state index in [0.29, 0.717) is 39.1 Å². The van der Waals surface area contributed by atoms with Crippen molar-refractivity contribution in [2.24, 2.45) is 11.1 Å². The van der Waals surface area contributed by atoms with Crippen LogP contribution in [-0.2, 0) is 22.4 Å². The first-order valence-corrected chi connectivity index (χ1v) is 8.04. The second-order valence-electron chi connectivity index (χ2n) is 6.14. The van der Waals surface area contributed by atoms with Crippen LogP contribution in [0.1, 0.15) is 24.0 Å². The monoisotopic (exact) mass is 340 g/mol. The first-order chi connectivity index (χ1) is 10.7. The molecule has 0 bridgehead atoms. The number of benzene rings is 1. The Morgan fingerprint density at radius 3 is 2.78 bits per heavy atom. The Kier molecular flexibility index (Phi) is 6.27. The van der Waals surface area contributed by atoms with Crippen molar-refractivity contribution in [3.8, 4) is 5.75 Å². The first kappa shape index (κ1) is 18.0. The molecule has 2 heterocycles. The van der Waals surface area contributed by atoms with Gasteiger partial charge < -0.3 is 20.5 Å². The Morgan fingerprint density at radius 2 is 2.04 bits per heavy atom. The molecule has 1 aromatic carbocycles. The van der Waals surface area contributed by atoms with Crippen LogP contribution >= 0.6 is 12.4 Å². The lowest BCUT2D eigenvalue weighted by atomic mass is 9.79. The molecule has 0 radical (unpaired) electrons. The van der Waals surface area contributed by atoms with Gasteiger partial charge >= 0.3 is 0 Å². The number of nitrogens with one attached hydrogen (secondary N) is 1. The number of ether oxygens (including phenoxy) is 2. The fourth-order valence-electron chi connectivity index (χ4n) is 3.19. The van der Waals surface area contributed by atoms with Crippen molar-refractivity contribution in [1.29, 1.82) is 0 Å². The summed E-state index contributed by atoms with van der Waals surface area (Å²) >= 11 is 0. The van der Waals surface area contributed by atoms with Gasteiger partial charge in [-0.3, -0.25) is 4.79 Å². The number of carbonyl (C=O) groups excluding carboxylic acids is 1. The highest BCUT2D eigenvalue weighted by Gasteiger charge is 2.38. The molecule has 6 heteroatoms. The molecule has 3 N–H and O–H groups in total. The van der Waals surface area contributed by atoms with Crippen molar-refractivity contribution in [2.45, 2.75) is 25.7 Å². The van der Waals surface area contributed by atoms with Crippen LogP contribution in [0.4, 0.5) is 0 Å². The summed E-state index contributed by atoms with van der Waals surface area (Å²) in [6.45, 7) is 3.04. The zero-order valence-corrected chi connectivity index (χ0v) is 14.1. The number of fused-ring (bicyclic) bond motifs is 1. The lowest BCUT2D eigenvalue weighted by Gasteiger charge is -2.34. The van der Waals surface area contributed by atoms with Gasteiger partial charge in [0.25, 0.3) is 0 Å². The highest BCUT2D eigenvalue weighted by atomic mass is 35.5. The van der Waals surface area contributed by atoms with E-state index >= 15 is 0 Å². The zero-order chi connectivity index (χ0) is 15.4. The second kappa shape index (κ2) is 7.99. The maximum absolute atomic E-state index is 12.5. The molecule has 0 spiro atoms. The van der Waals surface area contributed by atoms with E-state index in [-0.39, 0.29) is 18.3 Å². The van der Waals surface area contributed by atoms with Crippen molar-refractivity contribution >= 4 is 18.3 Å². The van der Waals surface area contributed by atoms with E-state index in [1.54, 1.807) is 0 Å². The molecule has 1 saturated heterocycles. The standard InChI is InChI=1S/C17H24N2O3.ClH/c18-12-17(5-9-21-10-6-17)16(20)19-7-3-13-1-2-15-14(11-13)4-8-22-15;/h1-2,11H,3-10,12,18H2,(H,19,20);1H. The minimum absolute atomic E-state index is 0. The molecule has 2 aliphatic heterocycles. The van der Waals surface area contributed by atoms with E-state index in [1.165, 1.54) is 11.1 Å². The van der Waals surface area contributed by atoms with Gasteiger partial charge in [-0.1, -0.05) is 12.1 Å². The molecule has 3 rings (SSSR count). The van der Waals surface area contributed by atoms with Crippen LogP contribution in [0.25, 0.3) is 0 Å². The molecule has 5 nitrogen and oxygen atoms in total. The van der Waals surface area contributed by atoms with E-state index in [2.05, 4.69) is 17.4 Å². The third kappa shape index (κ3) is 3.97. The lowest BCUT2D eigenvalue weighted by Crippen LogP contribution is -2.49. The van der Waals surface area contributed by atoms with Gasteiger partial charge in [-0.05, 0) is 36.5 Å². The number of nitrogens with two attached hydrogens (primary N) is 1. The van der Waals surface area contributed by atoms with Gasteiger partial charge in [-0.25, -0.2) is 0 Å². The predicted octanol–water partition coefficient (Wildman–Crippen LogP) is 1.46. The molecule has 0 aromatic heterocycles. The maximum atomic E-state index is 12.5. The van der Waals surface area contributed by atoms with Crippen molar-refractivity contribution in [2.75, 3.05) is 32.9 Å². The predicted molar refractivity (Wildman–Crippen MR) is 91.1 cm³/mol. The molecular formula is C17H25ClN2O3. The third-order valence-electron chi connectivity index (χ3n) is 4.78. The van der Waals surface area contributed by atoms with Gasteiger partial charge in [0.15, 0.2) is 0 Å². The Balaban J connectivity index is 0.00000192. The summed E-state index contributed by atoms with van der Waals surface area (Å²) in [4.78, 5) is 12.5. The minimum atomic E-state index is -0.440. The molecule has 1 fully saturated rings. The fraction of sp³-hybridized carbons (Fsp3) is 0.588. The van der Waals surface area contributed by atoms with Gasteiger partial charge in [0.2, 0.25) is 5.91 Å². The summed E-state index contributed by atoms with van der Waals surface area (Å²) < 4.78 is 10.9. The molecule has 1 aromatic rings. The van der Waals surface area contributed by atoms with Gasteiger partial charge in [0.05, 0.1) is 12.0 Å². The molecule has 0 saturated carbocycles. The molecular weight excluding hydrogens is 316 g/mol. The molecule has 128 valence electrons. The number of carbonyl (C=O) groups is 1. The van der Waals surface area contributed by atoms with Gasteiger partial charge in [0, 0.05) is 32.7 Å². The van der Waals surface area contributed by atoms with Crippen molar-refractivity contribution in [3.63, 3.8) is 0 Å². The Morgan fingerprint density at radius 1 is 1.26 bits per heavy atom. The first-order valence-electron chi connectivity index (χ1n) is 8.04. The number of hydrogen-bond acceptors (Lipinski definition) is 4. The summed E-state index contributed by atoms with van der Waals surface area (Å²) in [5.74, 6) is 1.07. The molecule has 0 atom stereocenters. The van der Waals surface area contributed by atoms with Gasteiger partial charge in [-0.15, -0.1) is 12.4 Å². The van der Waals surface area contributed by atoms with Crippen molar-refractivity contribution < 1.29 is 14.3 Å². The van der Waals surface area contributed by atoms with E-state index in [9.17, 15) is 4.79 Å². The van der Waals surface area contributed by atoms with Crippen LogP contribution < -0.4 is 15.8 Å². The summed E-state index contributed by atoms with van der Waals surface area (Å²) in [7, 11) is 0. The molecule has 1 amide bonds. The smallest absolute Gasteiger partial charge is 0.227 e. The summed E-state index contributed by atoms with van der Waals surface area (Å²) in [5, 5.41) is 3.05. The second-order valence-corrected chi connectivity index (χ2v) is 6.14. The highest BCUT2D eigenvalue weighted by Crippen LogP contribution is 2.29. The Hall–Kier alpha value is -1.30. The van der Waals surface area contributed by atoms with Gasteiger partial charge in [-0.2, -0.15) is 0 Å². The van der Waals surface area contributed by atoms with Crippen molar-refractivity contribution in [1.82, 2.24) is 5.32 Å². The summed E-state index contributed by atoms with van der Waals surface area (Å²) in [5.41, 5.74) is 7.92. The molecule has 0 aliphatic carbocycles. The van der Waals surface area contributed by atoms with E-state index in [0.717, 1.165) is 25.2 Å². The maximum Gasteiger partial charge on any atom is 0.227 e. The molecule has 2 aliphatic rings. The Bertz CT molecular complexity index is 545. The van der Waals surface area contributed by atoms with Crippen LogP contribution in [-0.4, -0.2) is 38.8 Å². The third-order valence-corrected chi connectivity index (χ3v) is 4.78. The van der Waals surface area contributed by atoms with E-state index in [1.807, 2.05) is 6.07 Å². The van der Waals surface area contributed by atoms with E-state index in [4.69, 9.17) is 15.2 Å². The van der Waals surface area contributed by atoms with Crippen LogP contribution in [0.15, 0.2) is 18.2 Å². The van der Waals surface area contributed by atoms with Crippen LogP contribution in [0.5, 0.6) is 5.75 Å². The van der Waals surface area contributed by atoms with Crippen LogP contribution in [0.3, 0.4) is 0 Å². The number of halogens is 1. The van der Waals surface area contributed by atoms with Gasteiger partial charge in [0.1, 0.15) is 5.75 Å². The minimum Gasteiger partial charge on any atom is -0.493 e. The Labute approximate surface area is 143 Å². The normalized spacial score (nSPS) is 18.5. The number of amides is 1. The average Bonchev–Trinajstić information content (AvgIpc) is 3.03. The number of rotatable bonds is 5. The quantitative estimate of drug-likeness (QED) is 0.851.